The Morgan fingerprint density at radius 1 is 1.00 bits per heavy atom. The van der Waals surface area contributed by atoms with Gasteiger partial charge in [-0.1, -0.05) is 51.3 Å². The summed E-state index contributed by atoms with van der Waals surface area (Å²) in [5, 5.41) is 0. The molecule has 0 saturated carbocycles. The lowest BCUT2D eigenvalue weighted by molar-refractivity contribution is 0.316. The van der Waals surface area contributed by atoms with Crippen molar-refractivity contribution in [1.82, 2.24) is 4.81 Å². The minimum atomic E-state index is 0.488. The summed E-state index contributed by atoms with van der Waals surface area (Å²) in [5.74, 6) is 6.30. The third kappa shape index (κ3) is 4.67. The van der Waals surface area contributed by atoms with Crippen LogP contribution in [0.5, 0.6) is 0 Å². The van der Waals surface area contributed by atoms with E-state index in [9.17, 15) is 0 Å². The standard InChI is InChI=1S/C15H21BN/c1-12(2)17(13(3)4)16-11-10-15-8-6-14(5)7-9-15/h6-9,12-13H,1-5H3. The molecule has 0 aliphatic carbocycles. The van der Waals surface area contributed by atoms with E-state index in [1.165, 1.54) is 5.56 Å². The molecule has 1 aromatic carbocycles. The molecule has 17 heavy (non-hydrogen) atoms. The van der Waals surface area contributed by atoms with Gasteiger partial charge in [-0.3, -0.25) is 0 Å². The lowest BCUT2D eigenvalue weighted by Gasteiger charge is -2.27. The van der Waals surface area contributed by atoms with Crippen molar-refractivity contribution >= 4 is 7.41 Å². The molecule has 0 aliphatic heterocycles. The van der Waals surface area contributed by atoms with E-state index in [-0.39, 0.29) is 0 Å². The number of aryl methyl sites for hydroxylation is 1. The van der Waals surface area contributed by atoms with Gasteiger partial charge in [0, 0.05) is 5.56 Å². The van der Waals surface area contributed by atoms with Gasteiger partial charge < -0.3 is 4.81 Å². The van der Waals surface area contributed by atoms with Gasteiger partial charge in [0.1, 0.15) is 0 Å². The Hall–Kier alpha value is -1.20. The van der Waals surface area contributed by atoms with Crippen LogP contribution in [0.3, 0.4) is 0 Å². The van der Waals surface area contributed by atoms with Crippen LogP contribution in [-0.2, 0) is 0 Å². The molecule has 0 aliphatic rings. The van der Waals surface area contributed by atoms with Gasteiger partial charge in [-0.2, -0.15) is 0 Å². The minimum Gasteiger partial charge on any atom is -0.330 e. The average Bonchev–Trinajstić information content (AvgIpc) is 2.25. The summed E-state index contributed by atoms with van der Waals surface area (Å²) in [6.07, 6.45) is 0. The fraction of sp³-hybridized carbons (Fsp3) is 0.467. The molecular weight excluding hydrogens is 205 g/mol. The molecule has 0 amide bonds. The predicted molar refractivity (Wildman–Crippen MR) is 75.9 cm³/mol. The second-order valence-corrected chi connectivity index (χ2v) is 4.90. The van der Waals surface area contributed by atoms with E-state index in [0.717, 1.165) is 5.56 Å². The van der Waals surface area contributed by atoms with Crippen LogP contribution in [0.1, 0.15) is 38.8 Å². The van der Waals surface area contributed by atoms with Crippen LogP contribution in [0.4, 0.5) is 0 Å². The summed E-state index contributed by atoms with van der Waals surface area (Å²) in [7, 11) is 2.00. The summed E-state index contributed by atoms with van der Waals surface area (Å²) in [6.45, 7) is 10.8. The summed E-state index contributed by atoms with van der Waals surface area (Å²) in [6, 6.07) is 9.28. The fourth-order valence-corrected chi connectivity index (χ4v) is 1.72. The molecule has 0 saturated heterocycles. The second kappa shape index (κ2) is 6.52. The monoisotopic (exact) mass is 226 g/mol. The van der Waals surface area contributed by atoms with Gasteiger partial charge in [0.05, 0.1) is 0 Å². The van der Waals surface area contributed by atoms with Gasteiger partial charge >= 0.3 is 7.41 Å². The lowest BCUT2D eigenvalue weighted by Crippen LogP contribution is -2.39. The maximum atomic E-state index is 3.16. The average molecular weight is 226 g/mol. The first kappa shape index (κ1) is 13.9. The molecule has 0 unspecified atom stereocenters. The van der Waals surface area contributed by atoms with Gasteiger partial charge in [0.15, 0.2) is 0 Å². The van der Waals surface area contributed by atoms with Crippen LogP contribution >= 0.6 is 0 Å². The number of hydrogen-bond donors (Lipinski definition) is 0. The quantitative estimate of drug-likeness (QED) is 0.565. The van der Waals surface area contributed by atoms with Gasteiger partial charge in [-0.25, -0.2) is 0 Å². The Kier molecular flexibility index (Phi) is 5.32. The van der Waals surface area contributed by atoms with Crippen molar-refractivity contribution < 1.29 is 0 Å². The van der Waals surface area contributed by atoms with Gasteiger partial charge in [-0.15, -0.1) is 5.82 Å². The molecule has 0 bridgehead atoms. The molecule has 0 heterocycles. The van der Waals surface area contributed by atoms with Crippen LogP contribution in [-0.4, -0.2) is 24.3 Å². The Bertz CT molecular complexity index is 387. The number of rotatable bonds is 3. The molecule has 1 aromatic rings. The van der Waals surface area contributed by atoms with E-state index in [4.69, 9.17) is 0 Å². The maximum Gasteiger partial charge on any atom is 0.313 e. The normalized spacial score (nSPS) is 10.6. The number of benzene rings is 1. The predicted octanol–water partition coefficient (Wildman–Crippen LogP) is 3.04. The Morgan fingerprint density at radius 2 is 1.53 bits per heavy atom. The largest absolute Gasteiger partial charge is 0.330 e. The Labute approximate surface area is 106 Å². The van der Waals surface area contributed by atoms with Gasteiger partial charge in [-0.05, 0) is 31.1 Å². The van der Waals surface area contributed by atoms with E-state index in [2.05, 4.69) is 75.4 Å². The third-order valence-electron chi connectivity index (χ3n) is 2.67. The smallest absolute Gasteiger partial charge is 0.313 e. The number of nitrogens with zero attached hydrogens (tertiary/aromatic N) is 1. The van der Waals surface area contributed by atoms with Crippen LogP contribution in [0.25, 0.3) is 0 Å². The second-order valence-electron chi connectivity index (χ2n) is 4.90. The van der Waals surface area contributed by atoms with Crippen molar-refractivity contribution in [2.24, 2.45) is 0 Å². The zero-order valence-electron chi connectivity index (χ0n) is 11.5. The zero-order valence-corrected chi connectivity index (χ0v) is 11.5. The molecule has 0 fully saturated rings. The summed E-state index contributed by atoms with van der Waals surface area (Å²) in [4.78, 5) is 2.27. The molecule has 1 nitrogen and oxygen atoms in total. The van der Waals surface area contributed by atoms with E-state index < -0.39 is 0 Å². The number of hydrogen-bond acceptors (Lipinski definition) is 1. The highest BCUT2D eigenvalue weighted by atomic mass is 15.1. The first-order chi connectivity index (χ1) is 8.00. The van der Waals surface area contributed by atoms with Crippen LogP contribution < -0.4 is 0 Å². The van der Waals surface area contributed by atoms with E-state index >= 15 is 0 Å². The van der Waals surface area contributed by atoms with Crippen LogP contribution in [0.15, 0.2) is 24.3 Å². The molecule has 1 radical (unpaired) electrons. The maximum absolute atomic E-state index is 3.16. The molecule has 0 aromatic heterocycles. The van der Waals surface area contributed by atoms with E-state index in [0.29, 0.717) is 12.1 Å². The van der Waals surface area contributed by atoms with Crippen molar-refractivity contribution in [2.45, 2.75) is 46.7 Å². The highest BCUT2D eigenvalue weighted by Crippen LogP contribution is 2.03. The first-order valence-corrected chi connectivity index (χ1v) is 6.19. The van der Waals surface area contributed by atoms with Gasteiger partial charge in [0.2, 0.25) is 0 Å². The SMILES string of the molecule is Cc1ccc(C#C[B]N(C(C)C)C(C)C)cc1. The van der Waals surface area contributed by atoms with E-state index in [1.54, 1.807) is 0 Å². The van der Waals surface area contributed by atoms with Crippen molar-refractivity contribution in [3.8, 4) is 11.7 Å². The third-order valence-corrected chi connectivity index (χ3v) is 2.67. The Morgan fingerprint density at radius 3 is 2.00 bits per heavy atom. The highest BCUT2D eigenvalue weighted by Gasteiger charge is 2.12. The van der Waals surface area contributed by atoms with Crippen molar-refractivity contribution in [1.29, 1.82) is 0 Å². The molecule has 0 spiro atoms. The van der Waals surface area contributed by atoms with Gasteiger partial charge in [0.25, 0.3) is 0 Å². The van der Waals surface area contributed by atoms with Crippen LogP contribution in [0.2, 0.25) is 0 Å². The van der Waals surface area contributed by atoms with E-state index in [1.807, 2.05) is 7.41 Å². The first-order valence-electron chi connectivity index (χ1n) is 6.19. The molecule has 89 valence electrons. The molecule has 0 atom stereocenters. The fourth-order valence-electron chi connectivity index (χ4n) is 1.72. The summed E-state index contributed by atoms with van der Waals surface area (Å²) >= 11 is 0. The van der Waals surface area contributed by atoms with Crippen LogP contribution in [0, 0.1) is 18.7 Å². The zero-order chi connectivity index (χ0) is 12.8. The summed E-state index contributed by atoms with van der Waals surface area (Å²) < 4.78 is 0. The molecule has 1 rings (SSSR count). The molecule has 2 heteroatoms. The minimum absolute atomic E-state index is 0.488. The van der Waals surface area contributed by atoms with Crippen molar-refractivity contribution in [3.63, 3.8) is 0 Å². The van der Waals surface area contributed by atoms with Crippen molar-refractivity contribution in [3.05, 3.63) is 35.4 Å². The summed E-state index contributed by atoms with van der Waals surface area (Å²) in [5.41, 5.74) is 2.34. The molecular formula is C15H21BN. The lowest BCUT2D eigenvalue weighted by atomic mass is 9.88. The highest BCUT2D eigenvalue weighted by molar-refractivity contribution is 6.43. The van der Waals surface area contributed by atoms with Crippen molar-refractivity contribution in [2.75, 3.05) is 0 Å². The molecule has 0 N–H and O–H groups in total. The Balaban J connectivity index is 2.63. The topological polar surface area (TPSA) is 3.24 Å².